The molecule has 0 heterocycles. The van der Waals surface area contributed by atoms with Crippen molar-refractivity contribution >= 4 is 21.7 Å². The molecule has 0 atom stereocenters. The lowest BCUT2D eigenvalue weighted by Crippen LogP contribution is -2.29. The van der Waals surface area contributed by atoms with Crippen LogP contribution in [-0.4, -0.2) is 39.4 Å². The molecule has 7 heteroatoms. The quantitative estimate of drug-likeness (QED) is 0.634. The normalized spacial score (nSPS) is 11.7. The molecular formula is C14H22N2O4S. The Morgan fingerprint density at radius 2 is 1.81 bits per heavy atom. The number of aryl methyl sites for hydroxylation is 2. The number of sulfonamides is 1. The number of hydrogen-bond acceptors (Lipinski definition) is 5. The number of nitrogen functional groups attached to an aromatic ring is 1. The zero-order chi connectivity index (χ0) is 16.2. The van der Waals surface area contributed by atoms with E-state index in [1.165, 1.54) is 18.5 Å². The Hall–Kier alpha value is -1.60. The molecule has 0 spiro atoms. The molecule has 0 unspecified atom stereocenters. The first kappa shape index (κ1) is 17.5. The molecule has 1 aromatic rings. The lowest BCUT2D eigenvalue weighted by Gasteiger charge is -2.20. The van der Waals surface area contributed by atoms with Gasteiger partial charge in [0.05, 0.1) is 12.0 Å². The summed E-state index contributed by atoms with van der Waals surface area (Å²) < 4.78 is 31.0. The number of carbonyl (C=O) groups is 1. The topological polar surface area (TPSA) is 89.7 Å². The van der Waals surface area contributed by atoms with E-state index in [1.807, 2.05) is 0 Å². The summed E-state index contributed by atoms with van der Waals surface area (Å²) in [6.07, 6.45) is 0.603. The number of benzene rings is 1. The minimum Gasteiger partial charge on any atom is -0.469 e. The monoisotopic (exact) mass is 314 g/mol. The Balaban J connectivity index is 2.93. The summed E-state index contributed by atoms with van der Waals surface area (Å²) in [5.41, 5.74) is 7.49. The van der Waals surface area contributed by atoms with Gasteiger partial charge in [-0.3, -0.25) is 4.79 Å². The average Bonchev–Trinajstić information content (AvgIpc) is 2.36. The molecule has 0 aliphatic rings. The van der Waals surface area contributed by atoms with E-state index in [1.54, 1.807) is 26.0 Å². The summed E-state index contributed by atoms with van der Waals surface area (Å²) in [5, 5.41) is 0. The van der Waals surface area contributed by atoms with Crippen molar-refractivity contribution in [1.82, 2.24) is 4.31 Å². The van der Waals surface area contributed by atoms with Gasteiger partial charge in [-0.15, -0.1) is 0 Å². The van der Waals surface area contributed by atoms with Gasteiger partial charge in [-0.05, 0) is 43.5 Å². The fourth-order valence-electron chi connectivity index (χ4n) is 2.21. The molecule has 1 rings (SSSR count). The van der Waals surface area contributed by atoms with Gasteiger partial charge in [0.25, 0.3) is 0 Å². The summed E-state index contributed by atoms with van der Waals surface area (Å²) in [5.74, 6) is -0.347. The molecule has 0 amide bonds. The second-order valence-electron chi connectivity index (χ2n) is 4.99. The molecule has 6 nitrogen and oxygen atoms in total. The van der Waals surface area contributed by atoms with Crippen LogP contribution in [0.5, 0.6) is 0 Å². The van der Waals surface area contributed by atoms with E-state index in [4.69, 9.17) is 5.73 Å². The van der Waals surface area contributed by atoms with E-state index in [9.17, 15) is 13.2 Å². The Kier molecular flexibility index (Phi) is 5.74. The highest BCUT2D eigenvalue weighted by molar-refractivity contribution is 7.89. The lowest BCUT2D eigenvalue weighted by molar-refractivity contribution is -0.140. The number of anilines is 1. The predicted molar refractivity (Wildman–Crippen MR) is 81.4 cm³/mol. The highest BCUT2D eigenvalue weighted by Crippen LogP contribution is 2.25. The summed E-state index contributed by atoms with van der Waals surface area (Å²) in [4.78, 5) is 11.3. The SMILES string of the molecule is COC(=O)CCCN(C)S(=O)(=O)c1c(C)cc(N)cc1C. The molecule has 1 aromatic carbocycles. The van der Waals surface area contributed by atoms with Crippen LogP contribution in [0.15, 0.2) is 17.0 Å². The summed E-state index contributed by atoms with van der Waals surface area (Å²) in [6, 6.07) is 3.28. The number of nitrogens with zero attached hydrogens (tertiary/aromatic N) is 1. The van der Waals surface area contributed by atoms with E-state index in [-0.39, 0.29) is 23.8 Å². The predicted octanol–water partition coefficient (Wildman–Crippen LogP) is 1.46. The number of hydrogen-bond donors (Lipinski definition) is 1. The maximum Gasteiger partial charge on any atom is 0.305 e. The molecule has 0 aromatic heterocycles. The van der Waals surface area contributed by atoms with Crippen molar-refractivity contribution in [3.63, 3.8) is 0 Å². The average molecular weight is 314 g/mol. The fraction of sp³-hybridized carbons (Fsp3) is 0.500. The molecule has 0 aliphatic heterocycles. The number of methoxy groups -OCH3 is 1. The Morgan fingerprint density at radius 3 is 2.29 bits per heavy atom. The molecule has 0 fully saturated rings. The Morgan fingerprint density at radius 1 is 1.29 bits per heavy atom. The van der Waals surface area contributed by atoms with Crippen LogP contribution in [0.4, 0.5) is 5.69 Å². The number of carbonyl (C=O) groups excluding carboxylic acids is 1. The molecular weight excluding hydrogens is 292 g/mol. The number of nitrogens with two attached hydrogens (primary N) is 1. The molecule has 0 saturated carbocycles. The van der Waals surface area contributed by atoms with Crippen LogP contribution in [0.3, 0.4) is 0 Å². The van der Waals surface area contributed by atoms with Gasteiger partial charge in [0, 0.05) is 25.7 Å². The van der Waals surface area contributed by atoms with Crippen molar-refractivity contribution in [2.24, 2.45) is 0 Å². The molecule has 0 aliphatic carbocycles. The van der Waals surface area contributed by atoms with Crippen molar-refractivity contribution in [3.8, 4) is 0 Å². The second kappa shape index (κ2) is 6.91. The first-order valence-corrected chi connectivity index (χ1v) is 8.04. The van der Waals surface area contributed by atoms with Crippen molar-refractivity contribution in [2.45, 2.75) is 31.6 Å². The zero-order valence-corrected chi connectivity index (χ0v) is 13.7. The zero-order valence-electron chi connectivity index (χ0n) is 12.8. The van der Waals surface area contributed by atoms with Crippen LogP contribution >= 0.6 is 0 Å². The fourth-order valence-corrected chi connectivity index (χ4v) is 3.83. The van der Waals surface area contributed by atoms with E-state index < -0.39 is 10.0 Å². The minimum atomic E-state index is -3.60. The summed E-state index contributed by atoms with van der Waals surface area (Å²) >= 11 is 0. The largest absolute Gasteiger partial charge is 0.469 e. The highest BCUT2D eigenvalue weighted by atomic mass is 32.2. The Bertz CT molecular complexity index is 603. The highest BCUT2D eigenvalue weighted by Gasteiger charge is 2.24. The lowest BCUT2D eigenvalue weighted by atomic mass is 10.1. The van der Waals surface area contributed by atoms with Crippen molar-refractivity contribution in [2.75, 3.05) is 26.4 Å². The first-order chi connectivity index (χ1) is 9.70. The third-order valence-electron chi connectivity index (χ3n) is 3.23. The molecule has 0 bridgehead atoms. The van der Waals surface area contributed by atoms with Crippen LogP contribution in [0.2, 0.25) is 0 Å². The third-order valence-corrected chi connectivity index (χ3v) is 5.40. The standard InChI is InChI=1S/C14H22N2O4S/c1-10-8-12(15)9-11(2)14(10)21(18,19)16(3)7-5-6-13(17)20-4/h8-9H,5-7,15H2,1-4H3. The van der Waals surface area contributed by atoms with Crippen molar-refractivity contribution in [1.29, 1.82) is 0 Å². The molecule has 2 N–H and O–H groups in total. The van der Waals surface area contributed by atoms with Gasteiger partial charge in [-0.2, -0.15) is 0 Å². The molecule has 0 radical (unpaired) electrons. The van der Waals surface area contributed by atoms with Crippen LogP contribution in [0, 0.1) is 13.8 Å². The van der Waals surface area contributed by atoms with E-state index in [0.29, 0.717) is 23.2 Å². The van der Waals surface area contributed by atoms with Crippen molar-refractivity contribution < 1.29 is 17.9 Å². The summed E-state index contributed by atoms with van der Waals surface area (Å²) in [7, 11) is -0.785. The van der Waals surface area contributed by atoms with Gasteiger partial charge >= 0.3 is 5.97 Å². The van der Waals surface area contributed by atoms with Gasteiger partial charge in [0.1, 0.15) is 0 Å². The Labute approximate surface area is 125 Å². The first-order valence-electron chi connectivity index (χ1n) is 6.60. The molecule has 21 heavy (non-hydrogen) atoms. The number of esters is 1. The van der Waals surface area contributed by atoms with Crippen LogP contribution in [0.25, 0.3) is 0 Å². The minimum absolute atomic E-state index is 0.191. The third kappa shape index (κ3) is 4.18. The van der Waals surface area contributed by atoms with E-state index >= 15 is 0 Å². The van der Waals surface area contributed by atoms with Crippen molar-refractivity contribution in [3.05, 3.63) is 23.3 Å². The summed E-state index contributed by atoms with van der Waals surface area (Å²) in [6.45, 7) is 3.69. The van der Waals surface area contributed by atoms with Gasteiger partial charge in [0.15, 0.2) is 0 Å². The smallest absolute Gasteiger partial charge is 0.305 e. The van der Waals surface area contributed by atoms with E-state index in [2.05, 4.69) is 4.74 Å². The number of ether oxygens (including phenoxy) is 1. The van der Waals surface area contributed by atoms with Gasteiger partial charge < -0.3 is 10.5 Å². The maximum atomic E-state index is 12.6. The molecule has 118 valence electrons. The van der Waals surface area contributed by atoms with Gasteiger partial charge in [0.2, 0.25) is 10.0 Å². The van der Waals surface area contributed by atoms with Gasteiger partial charge in [-0.25, -0.2) is 12.7 Å². The van der Waals surface area contributed by atoms with Crippen LogP contribution in [-0.2, 0) is 19.6 Å². The van der Waals surface area contributed by atoms with Crippen LogP contribution in [0.1, 0.15) is 24.0 Å². The maximum absolute atomic E-state index is 12.6. The number of rotatable bonds is 6. The van der Waals surface area contributed by atoms with Crippen LogP contribution < -0.4 is 5.73 Å². The van der Waals surface area contributed by atoms with E-state index in [0.717, 1.165) is 0 Å². The second-order valence-corrected chi connectivity index (χ2v) is 6.97. The molecule has 0 saturated heterocycles. The van der Waals surface area contributed by atoms with Gasteiger partial charge in [-0.1, -0.05) is 0 Å².